The maximum atomic E-state index is 5.63. The van der Waals surface area contributed by atoms with Crippen molar-refractivity contribution < 1.29 is 4.74 Å². The van der Waals surface area contributed by atoms with Crippen LogP contribution in [0.15, 0.2) is 24.5 Å². The van der Waals surface area contributed by atoms with Crippen LogP contribution in [-0.4, -0.2) is 29.3 Å². The van der Waals surface area contributed by atoms with Crippen LogP contribution in [0, 0.1) is 0 Å². The zero-order chi connectivity index (χ0) is 12.3. The molecule has 2 aromatic heterocycles. The van der Waals surface area contributed by atoms with Crippen molar-refractivity contribution in [1.82, 2.24) is 9.55 Å². The van der Waals surface area contributed by atoms with E-state index in [-0.39, 0.29) is 6.10 Å². The second-order valence-corrected chi connectivity index (χ2v) is 4.27. The van der Waals surface area contributed by atoms with E-state index in [2.05, 4.69) is 28.7 Å². The maximum absolute atomic E-state index is 5.63. The molecule has 4 nitrogen and oxygen atoms in total. The predicted molar refractivity (Wildman–Crippen MR) is 69.0 cm³/mol. The first-order chi connectivity index (χ1) is 8.26. The fraction of sp³-hybridized carbons (Fsp3) is 0.462. The minimum absolute atomic E-state index is 0.179. The Labute approximate surface area is 101 Å². The van der Waals surface area contributed by atoms with Gasteiger partial charge in [-0.05, 0) is 37.6 Å². The molecule has 92 valence electrons. The molecule has 2 aromatic rings. The summed E-state index contributed by atoms with van der Waals surface area (Å²) in [5.41, 5.74) is 7.91. The van der Waals surface area contributed by atoms with E-state index in [1.807, 2.05) is 12.3 Å². The third-order valence-corrected chi connectivity index (χ3v) is 2.99. The van der Waals surface area contributed by atoms with Gasteiger partial charge in [-0.15, -0.1) is 0 Å². The second kappa shape index (κ2) is 5.29. The summed E-state index contributed by atoms with van der Waals surface area (Å²) >= 11 is 0. The normalized spacial score (nSPS) is 13.1. The van der Waals surface area contributed by atoms with Crippen molar-refractivity contribution in [2.75, 3.05) is 13.7 Å². The van der Waals surface area contributed by atoms with Crippen molar-refractivity contribution in [3.05, 3.63) is 30.1 Å². The molecule has 0 fully saturated rings. The van der Waals surface area contributed by atoms with Gasteiger partial charge in [0.15, 0.2) is 0 Å². The fourth-order valence-electron chi connectivity index (χ4n) is 2.04. The highest BCUT2D eigenvalue weighted by molar-refractivity contribution is 5.80. The largest absolute Gasteiger partial charge is 0.380 e. The van der Waals surface area contributed by atoms with Crippen molar-refractivity contribution >= 4 is 11.0 Å². The predicted octanol–water partition coefficient (Wildman–Crippen LogP) is 1.57. The molecular formula is C13H19N3O. The van der Waals surface area contributed by atoms with Gasteiger partial charge >= 0.3 is 0 Å². The van der Waals surface area contributed by atoms with E-state index in [1.54, 1.807) is 7.11 Å². The molecule has 2 N–H and O–H groups in total. The van der Waals surface area contributed by atoms with Crippen molar-refractivity contribution in [1.29, 1.82) is 0 Å². The Morgan fingerprint density at radius 2 is 2.35 bits per heavy atom. The Hall–Kier alpha value is -1.39. The molecule has 1 atom stereocenters. The van der Waals surface area contributed by atoms with Gasteiger partial charge in [-0.2, -0.15) is 0 Å². The maximum Gasteiger partial charge on any atom is 0.140 e. The van der Waals surface area contributed by atoms with Gasteiger partial charge in [-0.25, -0.2) is 4.98 Å². The lowest BCUT2D eigenvalue weighted by Crippen LogP contribution is -2.14. The summed E-state index contributed by atoms with van der Waals surface area (Å²) in [6, 6.07) is 4.06. The highest BCUT2D eigenvalue weighted by Gasteiger charge is 2.10. The summed E-state index contributed by atoms with van der Waals surface area (Å²) in [7, 11) is 1.73. The molecule has 0 bridgehead atoms. The molecule has 2 heterocycles. The number of aromatic nitrogens is 2. The van der Waals surface area contributed by atoms with Crippen LogP contribution in [0.1, 0.15) is 12.5 Å². The van der Waals surface area contributed by atoms with E-state index in [4.69, 9.17) is 10.5 Å². The molecule has 0 radical (unpaired) electrons. The lowest BCUT2D eigenvalue weighted by Gasteiger charge is -2.10. The monoisotopic (exact) mass is 233 g/mol. The van der Waals surface area contributed by atoms with Crippen LogP contribution in [0.3, 0.4) is 0 Å². The van der Waals surface area contributed by atoms with Crippen LogP contribution < -0.4 is 5.73 Å². The molecule has 0 aromatic carbocycles. The van der Waals surface area contributed by atoms with Gasteiger partial charge in [0.1, 0.15) is 5.65 Å². The van der Waals surface area contributed by atoms with E-state index in [0.717, 1.165) is 18.6 Å². The zero-order valence-corrected chi connectivity index (χ0v) is 10.4. The van der Waals surface area contributed by atoms with Crippen molar-refractivity contribution in [3.63, 3.8) is 0 Å². The molecule has 0 spiro atoms. The number of hydrogen-bond acceptors (Lipinski definition) is 3. The fourth-order valence-corrected chi connectivity index (χ4v) is 2.04. The second-order valence-electron chi connectivity index (χ2n) is 4.27. The number of fused-ring (bicyclic) bond motifs is 1. The number of ether oxygens (including phenoxy) is 1. The number of nitrogens with two attached hydrogens (primary N) is 1. The first-order valence-electron chi connectivity index (χ1n) is 5.92. The summed E-state index contributed by atoms with van der Waals surface area (Å²) in [5, 5.41) is 1.20. The molecule has 2 rings (SSSR count). The molecule has 1 unspecified atom stereocenters. The van der Waals surface area contributed by atoms with E-state index >= 15 is 0 Å². The van der Waals surface area contributed by atoms with Crippen LogP contribution >= 0.6 is 0 Å². The van der Waals surface area contributed by atoms with E-state index in [9.17, 15) is 0 Å². The smallest absolute Gasteiger partial charge is 0.140 e. The molecule has 0 saturated heterocycles. The van der Waals surface area contributed by atoms with Crippen LogP contribution in [0.2, 0.25) is 0 Å². The van der Waals surface area contributed by atoms with Crippen LogP contribution in [0.25, 0.3) is 11.0 Å². The number of hydrogen-bond donors (Lipinski definition) is 1. The molecule has 17 heavy (non-hydrogen) atoms. The molecule has 0 aliphatic rings. The van der Waals surface area contributed by atoms with Gasteiger partial charge in [-0.1, -0.05) is 0 Å². The third-order valence-electron chi connectivity index (χ3n) is 2.99. The standard InChI is InChI=1S/C13H19N3O/c1-10(17-2)8-16-9-11(5-6-14)12-4-3-7-15-13(12)16/h3-4,7,9-10H,5-6,8,14H2,1-2H3. The van der Waals surface area contributed by atoms with Gasteiger partial charge in [0.2, 0.25) is 0 Å². The SMILES string of the molecule is COC(C)Cn1cc(CCN)c2cccnc21. The highest BCUT2D eigenvalue weighted by atomic mass is 16.5. The Morgan fingerprint density at radius 1 is 1.53 bits per heavy atom. The van der Waals surface area contributed by atoms with Crippen molar-refractivity contribution in [3.8, 4) is 0 Å². The first kappa shape index (κ1) is 12.1. The van der Waals surface area contributed by atoms with Gasteiger partial charge in [0.05, 0.1) is 6.10 Å². The molecule has 0 amide bonds. The Morgan fingerprint density at radius 3 is 3.06 bits per heavy atom. The van der Waals surface area contributed by atoms with Crippen LogP contribution in [0.4, 0.5) is 0 Å². The van der Waals surface area contributed by atoms with E-state index in [0.29, 0.717) is 6.54 Å². The lowest BCUT2D eigenvalue weighted by atomic mass is 10.2. The Bertz CT molecular complexity index is 492. The third kappa shape index (κ3) is 2.48. The van der Waals surface area contributed by atoms with Crippen molar-refractivity contribution in [2.24, 2.45) is 5.73 Å². The van der Waals surface area contributed by atoms with Crippen LogP contribution in [-0.2, 0) is 17.7 Å². The van der Waals surface area contributed by atoms with E-state index < -0.39 is 0 Å². The summed E-state index contributed by atoms with van der Waals surface area (Å²) < 4.78 is 7.45. The molecular weight excluding hydrogens is 214 g/mol. The lowest BCUT2D eigenvalue weighted by molar-refractivity contribution is 0.104. The van der Waals surface area contributed by atoms with Gasteiger partial charge in [-0.3, -0.25) is 0 Å². The zero-order valence-electron chi connectivity index (χ0n) is 10.4. The summed E-state index contributed by atoms with van der Waals surface area (Å²) in [6.45, 7) is 3.53. The molecule has 0 aliphatic heterocycles. The first-order valence-corrected chi connectivity index (χ1v) is 5.92. The number of rotatable bonds is 5. The summed E-state index contributed by atoms with van der Waals surface area (Å²) in [6.07, 6.45) is 5.03. The van der Waals surface area contributed by atoms with Gasteiger partial charge < -0.3 is 15.0 Å². The molecule has 0 aliphatic carbocycles. The minimum Gasteiger partial charge on any atom is -0.380 e. The van der Waals surface area contributed by atoms with E-state index in [1.165, 1.54) is 10.9 Å². The summed E-state index contributed by atoms with van der Waals surface area (Å²) in [4.78, 5) is 4.44. The summed E-state index contributed by atoms with van der Waals surface area (Å²) in [5.74, 6) is 0. The van der Waals surface area contributed by atoms with Crippen molar-refractivity contribution in [2.45, 2.75) is 26.0 Å². The van der Waals surface area contributed by atoms with Gasteiger partial charge in [0.25, 0.3) is 0 Å². The Balaban J connectivity index is 2.41. The van der Waals surface area contributed by atoms with Crippen LogP contribution in [0.5, 0.6) is 0 Å². The number of nitrogens with zero attached hydrogens (tertiary/aromatic N) is 2. The quantitative estimate of drug-likeness (QED) is 0.853. The number of methoxy groups -OCH3 is 1. The average molecular weight is 233 g/mol. The highest BCUT2D eigenvalue weighted by Crippen LogP contribution is 2.20. The number of pyridine rings is 1. The topological polar surface area (TPSA) is 53.1 Å². The average Bonchev–Trinajstić information content (AvgIpc) is 2.69. The molecule has 4 heteroatoms. The minimum atomic E-state index is 0.179. The molecule has 0 saturated carbocycles. The van der Waals surface area contributed by atoms with Gasteiger partial charge in [0, 0.05) is 31.4 Å². The Kier molecular flexibility index (Phi) is 3.76.